The summed E-state index contributed by atoms with van der Waals surface area (Å²) in [6.45, 7) is 5.47. The highest BCUT2D eigenvalue weighted by Crippen LogP contribution is 2.25. The van der Waals surface area contributed by atoms with Gasteiger partial charge in [0.25, 0.3) is 0 Å². The number of nitrogens with one attached hydrogen (secondary N) is 2. The lowest BCUT2D eigenvalue weighted by Crippen LogP contribution is -2.18. The van der Waals surface area contributed by atoms with Crippen LogP contribution in [0.5, 0.6) is 0 Å². The molecule has 0 aliphatic carbocycles. The van der Waals surface area contributed by atoms with Gasteiger partial charge in [0, 0.05) is 18.8 Å². The minimum Gasteiger partial charge on any atom is -0.385 e. The van der Waals surface area contributed by atoms with Gasteiger partial charge in [0.2, 0.25) is 0 Å². The van der Waals surface area contributed by atoms with Crippen LogP contribution in [-0.2, 0) is 12.8 Å². The van der Waals surface area contributed by atoms with Gasteiger partial charge in [-0.3, -0.25) is 0 Å². The van der Waals surface area contributed by atoms with E-state index in [1.165, 1.54) is 22.4 Å². The molecule has 0 fully saturated rings. The van der Waals surface area contributed by atoms with Gasteiger partial charge >= 0.3 is 0 Å². The van der Waals surface area contributed by atoms with Crippen molar-refractivity contribution in [2.24, 2.45) is 0 Å². The third-order valence-corrected chi connectivity index (χ3v) is 4.28. The SMILES string of the molecule is C[C@H]1CNCCc2ccc(NCCc3ccccc3)cc21.Cl. The zero-order valence-electron chi connectivity index (χ0n) is 13.1. The highest BCUT2D eigenvalue weighted by atomic mass is 35.5. The van der Waals surface area contributed by atoms with Gasteiger partial charge in [0.05, 0.1) is 0 Å². The van der Waals surface area contributed by atoms with Crippen molar-refractivity contribution in [1.29, 1.82) is 0 Å². The average molecular weight is 317 g/mol. The molecule has 0 bridgehead atoms. The lowest BCUT2D eigenvalue weighted by Gasteiger charge is -2.15. The number of fused-ring (bicyclic) bond motifs is 1. The summed E-state index contributed by atoms with van der Waals surface area (Å²) in [6, 6.07) is 17.5. The quantitative estimate of drug-likeness (QED) is 0.890. The van der Waals surface area contributed by atoms with E-state index < -0.39 is 0 Å². The van der Waals surface area contributed by atoms with Crippen LogP contribution in [0.15, 0.2) is 48.5 Å². The average Bonchev–Trinajstić information content (AvgIpc) is 2.70. The Labute approximate surface area is 139 Å². The summed E-state index contributed by atoms with van der Waals surface area (Å²) in [4.78, 5) is 0. The van der Waals surface area contributed by atoms with E-state index in [0.29, 0.717) is 5.92 Å². The van der Waals surface area contributed by atoms with Gasteiger partial charge in [0.15, 0.2) is 0 Å². The van der Waals surface area contributed by atoms with Crippen molar-refractivity contribution in [2.75, 3.05) is 25.0 Å². The molecule has 0 saturated heterocycles. The van der Waals surface area contributed by atoms with E-state index in [4.69, 9.17) is 0 Å². The monoisotopic (exact) mass is 316 g/mol. The summed E-state index contributed by atoms with van der Waals surface area (Å²) in [6.07, 6.45) is 2.21. The van der Waals surface area contributed by atoms with Crippen LogP contribution in [0.3, 0.4) is 0 Å². The molecule has 0 spiro atoms. The Hall–Kier alpha value is -1.51. The Bertz CT molecular complexity index is 583. The lowest BCUT2D eigenvalue weighted by atomic mass is 9.95. The number of halogens is 1. The zero-order valence-corrected chi connectivity index (χ0v) is 14.0. The maximum Gasteiger partial charge on any atom is 0.0343 e. The molecular formula is C19H25ClN2. The Balaban J connectivity index is 0.00000176. The van der Waals surface area contributed by atoms with E-state index in [1.807, 2.05) is 0 Å². The molecule has 1 atom stereocenters. The first-order chi connectivity index (χ1) is 10.3. The van der Waals surface area contributed by atoms with E-state index in [0.717, 1.165) is 32.5 Å². The molecular weight excluding hydrogens is 292 g/mol. The van der Waals surface area contributed by atoms with Crippen LogP contribution in [0.2, 0.25) is 0 Å². The molecule has 0 aromatic heterocycles. The second-order valence-corrected chi connectivity index (χ2v) is 5.93. The molecule has 2 nitrogen and oxygen atoms in total. The van der Waals surface area contributed by atoms with E-state index >= 15 is 0 Å². The Kier molecular flexibility index (Phi) is 6.29. The lowest BCUT2D eigenvalue weighted by molar-refractivity contribution is 0.644. The topological polar surface area (TPSA) is 24.1 Å². The third kappa shape index (κ3) is 4.25. The molecule has 1 aliphatic rings. The van der Waals surface area contributed by atoms with Gasteiger partial charge in [-0.05, 0) is 54.1 Å². The molecule has 1 heterocycles. The van der Waals surface area contributed by atoms with Crippen molar-refractivity contribution in [3.8, 4) is 0 Å². The smallest absolute Gasteiger partial charge is 0.0343 e. The fourth-order valence-corrected chi connectivity index (χ4v) is 3.04. The zero-order chi connectivity index (χ0) is 14.5. The Morgan fingerprint density at radius 1 is 1.14 bits per heavy atom. The largest absolute Gasteiger partial charge is 0.385 e. The molecule has 22 heavy (non-hydrogen) atoms. The maximum atomic E-state index is 3.56. The molecule has 2 aromatic rings. The van der Waals surface area contributed by atoms with Crippen LogP contribution < -0.4 is 10.6 Å². The fourth-order valence-electron chi connectivity index (χ4n) is 3.04. The summed E-state index contributed by atoms with van der Waals surface area (Å²) in [7, 11) is 0. The Morgan fingerprint density at radius 2 is 1.95 bits per heavy atom. The molecule has 3 heteroatoms. The molecule has 0 saturated carbocycles. The van der Waals surface area contributed by atoms with Gasteiger partial charge in [-0.2, -0.15) is 0 Å². The predicted molar refractivity (Wildman–Crippen MR) is 97.3 cm³/mol. The second kappa shape index (κ2) is 8.21. The summed E-state index contributed by atoms with van der Waals surface area (Å²) in [5.74, 6) is 0.596. The predicted octanol–water partition coefficient (Wildman–Crippen LogP) is 4.01. The summed E-state index contributed by atoms with van der Waals surface area (Å²) < 4.78 is 0. The maximum absolute atomic E-state index is 3.56. The van der Waals surface area contributed by atoms with Crippen molar-refractivity contribution in [3.05, 3.63) is 65.2 Å². The summed E-state index contributed by atoms with van der Waals surface area (Å²) >= 11 is 0. The van der Waals surface area contributed by atoms with Crippen molar-refractivity contribution in [3.63, 3.8) is 0 Å². The first-order valence-electron chi connectivity index (χ1n) is 7.94. The van der Waals surface area contributed by atoms with Crippen LogP contribution in [0.25, 0.3) is 0 Å². The number of rotatable bonds is 4. The van der Waals surface area contributed by atoms with Gasteiger partial charge < -0.3 is 10.6 Å². The van der Waals surface area contributed by atoms with E-state index in [1.54, 1.807) is 0 Å². The highest BCUT2D eigenvalue weighted by Gasteiger charge is 2.14. The molecule has 2 aromatic carbocycles. The van der Waals surface area contributed by atoms with E-state index in [9.17, 15) is 0 Å². The molecule has 2 N–H and O–H groups in total. The number of hydrogen-bond acceptors (Lipinski definition) is 2. The Morgan fingerprint density at radius 3 is 2.77 bits per heavy atom. The minimum absolute atomic E-state index is 0. The van der Waals surface area contributed by atoms with Crippen molar-refractivity contribution in [2.45, 2.75) is 25.7 Å². The van der Waals surface area contributed by atoms with E-state index in [-0.39, 0.29) is 12.4 Å². The van der Waals surface area contributed by atoms with E-state index in [2.05, 4.69) is 66.1 Å². The molecule has 0 amide bonds. The fraction of sp³-hybridized carbons (Fsp3) is 0.368. The van der Waals surface area contributed by atoms with Crippen molar-refractivity contribution in [1.82, 2.24) is 5.32 Å². The minimum atomic E-state index is 0. The van der Waals surface area contributed by atoms with Crippen LogP contribution in [0.1, 0.15) is 29.5 Å². The molecule has 1 aliphatic heterocycles. The van der Waals surface area contributed by atoms with Crippen LogP contribution in [0.4, 0.5) is 5.69 Å². The van der Waals surface area contributed by atoms with Gasteiger partial charge in [-0.15, -0.1) is 12.4 Å². The van der Waals surface area contributed by atoms with Crippen LogP contribution in [0, 0.1) is 0 Å². The van der Waals surface area contributed by atoms with Crippen molar-refractivity contribution < 1.29 is 0 Å². The second-order valence-electron chi connectivity index (χ2n) is 5.93. The summed E-state index contributed by atoms with van der Waals surface area (Å²) in [5.41, 5.74) is 5.64. The standard InChI is InChI=1S/C19H24N2.ClH/c1-15-14-20-11-10-17-7-8-18(13-19(15)17)21-12-9-16-5-3-2-4-6-16;/h2-8,13,15,20-21H,9-12,14H2,1H3;1H/t15-;/m0./s1. The van der Waals surface area contributed by atoms with Gasteiger partial charge in [-0.25, -0.2) is 0 Å². The molecule has 118 valence electrons. The third-order valence-electron chi connectivity index (χ3n) is 4.28. The van der Waals surface area contributed by atoms with Crippen LogP contribution >= 0.6 is 12.4 Å². The number of anilines is 1. The normalized spacial score (nSPS) is 17.0. The highest BCUT2D eigenvalue weighted by molar-refractivity contribution is 5.85. The van der Waals surface area contributed by atoms with Crippen molar-refractivity contribution >= 4 is 18.1 Å². The van der Waals surface area contributed by atoms with Crippen LogP contribution in [-0.4, -0.2) is 19.6 Å². The first-order valence-corrected chi connectivity index (χ1v) is 7.94. The first kappa shape index (κ1) is 16.9. The number of hydrogen-bond donors (Lipinski definition) is 2. The molecule has 3 rings (SSSR count). The summed E-state index contributed by atoms with van der Waals surface area (Å²) in [5, 5.41) is 7.07. The molecule has 0 radical (unpaired) electrons. The molecule has 0 unspecified atom stereocenters. The van der Waals surface area contributed by atoms with Gasteiger partial charge in [-0.1, -0.05) is 43.3 Å². The number of benzene rings is 2. The van der Waals surface area contributed by atoms with Gasteiger partial charge in [0.1, 0.15) is 0 Å².